The van der Waals surface area contributed by atoms with E-state index in [1.54, 1.807) is 11.6 Å². The van der Waals surface area contributed by atoms with Gasteiger partial charge in [0, 0.05) is 32.6 Å². The highest BCUT2D eigenvalue weighted by Crippen LogP contribution is 2.33. The average Bonchev–Trinajstić information content (AvgIpc) is 3.09. The zero-order valence-electron chi connectivity index (χ0n) is 19.4. The maximum atomic E-state index is 13.0. The minimum absolute atomic E-state index is 0.227. The van der Waals surface area contributed by atoms with Crippen LogP contribution in [0.25, 0.3) is 11.0 Å². The number of nitrogens with zero attached hydrogens (tertiary/aromatic N) is 4. The molecule has 182 valence electrons. The van der Waals surface area contributed by atoms with Crippen LogP contribution in [-0.4, -0.2) is 74.2 Å². The van der Waals surface area contributed by atoms with Crippen molar-refractivity contribution in [1.29, 1.82) is 0 Å². The highest BCUT2D eigenvalue weighted by atomic mass is 16.4. The van der Waals surface area contributed by atoms with Crippen LogP contribution in [0.2, 0.25) is 0 Å². The first-order valence-corrected chi connectivity index (χ1v) is 12.1. The van der Waals surface area contributed by atoms with Crippen molar-refractivity contribution < 1.29 is 19.5 Å². The van der Waals surface area contributed by atoms with Crippen LogP contribution in [0.5, 0.6) is 0 Å². The molecule has 3 aliphatic heterocycles. The molecule has 0 spiro atoms. The average molecular weight is 470 g/mol. The molecule has 5 rings (SSSR count). The molecular weight excluding hydrogens is 438 g/mol. The number of nitrogens with one attached hydrogen (secondary N) is 1. The Balaban J connectivity index is 1.30. The maximum absolute atomic E-state index is 13.0. The number of carbonyl (C=O) groups excluding carboxylic acids is 2. The second-order valence-corrected chi connectivity index (χ2v) is 9.74. The summed E-state index contributed by atoms with van der Waals surface area (Å²) in [5.74, 6) is -0.319. The second-order valence-electron chi connectivity index (χ2n) is 9.74. The zero-order valence-corrected chi connectivity index (χ0v) is 19.4. The Morgan fingerprint density at radius 2 is 1.68 bits per heavy atom. The summed E-state index contributed by atoms with van der Waals surface area (Å²) in [5.41, 5.74) is 2.47. The lowest BCUT2D eigenvalue weighted by molar-refractivity contribution is -0.135. The van der Waals surface area contributed by atoms with Gasteiger partial charge in [0.25, 0.3) is 0 Å². The minimum Gasteiger partial charge on any atom is -0.465 e. The SMILES string of the molecule is Cn1c(=O)n(C2CCC(=O)NC2=O)c2ccc(C3CCN(C4CCN(C(=O)O)CC4)CC3)cc21. The summed E-state index contributed by atoms with van der Waals surface area (Å²) >= 11 is 0. The lowest BCUT2D eigenvalue weighted by Crippen LogP contribution is -2.48. The largest absolute Gasteiger partial charge is 0.465 e. The van der Waals surface area contributed by atoms with Gasteiger partial charge in [-0.05, 0) is 68.8 Å². The number of carbonyl (C=O) groups is 3. The van der Waals surface area contributed by atoms with Gasteiger partial charge in [-0.25, -0.2) is 9.59 Å². The first-order chi connectivity index (χ1) is 16.3. The lowest BCUT2D eigenvalue weighted by atomic mass is 9.87. The number of imide groups is 1. The van der Waals surface area contributed by atoms with Crippen molar-refractivity contribution in [3.05, 3.63) is 34.2 Å². The summed E-state index contributed by atoms with van der Waals surface area (Å²) in [4.78, 5) is 52.1. The third kappa shape index (κ3) is 4.00. The fourth-order valence-electron chi connectivity index (χ4n) is 5.88. The first kappa shape index (κ1) is 22.6. The summed E-state index contributed by atoms with van der Waals surface area (Å²) in [7, 11) is 1.73. The Bertz CT molecular complexity index is 1180. The van der Waals surface area contributed by atoms with Gasteiger partial charge in [-0.1, -0.05) is 6.07 Å². The number of carboxylic acid groups (broad SMARTS) is 1. The van der Waals surface area contributed by atoms with Crippen LogP contribution in [0.15, 0.2) is 23.0 Å². The number of amides is 3. The minimum atomic E-state index is -0.826. The van der Waals surface area contributed by atoms with E-state index in [0.717, 1.165) is 44.3 Å². The molecule has 3 fully saturated rings. The molecule has 10 nitrogen and oxygen atoms in total. The molecule has 1 atom stereocenters. The van der Waals surface area contributed by atoms with Crippen LogP contribution in [0.4, 0.5) is 4.79 Å². The molecule has 0 saturated carbocycles. The van der Waals surface area contributed by atoms with Gasteiger partial charge < -0.3 is 14.9 Å². The van der Waals surface area contributed by atoms with Gasteiger partial charge >= 0.3 is 11.8 Å². The van der Waals surface area contributed by atoms with Crippen molar-refractivity contribution in [3.63, 3.8) is 0 Å². The lowest BCUT2D eigenvalue weighted by Gasteiger charge is -2.41. The van der Waals surface area contributed by atoms with Crippen LogP contribution in [-0.2, 0) is 16.6 Å². The number of hydrogen-bond donors (Lipinski definition) is 2. The van der Waals surface area contributed by atoms with E-state index in [4.69, 9.17) is 5.11 Å². The van der Waals surface area contributed by atoms with Gasteiger partial charge in [0.15, 0.2) is 0 Å². The normalized spacial score (nSPS) is 23.4. The number of aryl methyl sites for hydroxylation is 1. The molecule has 0 radical (unpaired) electrons. The van der Waals surface area contributed by atoms with Gasteiger partial charge in [-0.15, -0.1) is 0 Å². The van der Waals surface area contributed by atoms with Crippen LogP contribution in [0.3, 0.4) is 0 Å². The molecule has 0 aliphatic carbocycles. The Labute approximate surface area is 197 Å². The Morgan fingerprint density at radius 1 is 0.971 bits per heavy atom. The predicted molar refractivity (Wildman–Crippen MR) is 125 cm³/mol. The molecular formula is C24H31N5O5. The number of fused-ring (bicyclic) bond motifs is 1. The van der Waals surface area contributed by atoms with Gasteiger partial charge in [0.05, 0.1) is 11.0 Å². The Morgan fingerprint density at radius 3 is 2.32 bits per heavy atom. The third-order valence-electron chi connectivity index (χ3n) is 7.89. The molecule has 34 heavy (non-hydrogen) atoms. The third-order valence-corrected chi connectivity index (χ3v) is 7.89. The number of benzene rings is 1. The zero-order chi connectivity index (χ0) is 24.0. The van der Waals surface area contributed by atoms with Crippen molar-refractivity contribution in [2.24, 2.45) is 7.05 Å². The summed E-state index contributed by atoms with van der Waals surface area (Å²) < 4.78 is 3.11. The summed E-state index contributed by atoms with van der Waals surface area (Å²) in [6, 6.07) is 5.85. The van der Waals surface area contributed by atoms with Crippen LogP contribution in [0, 0.1) is 0 Å². The molecule has 2 N–H and O–H groups in total. The molecule has 2 aromatic rings. The molecule has 1 aromatic carbocycles. The highest BCUT2D eigenvalue weighted by molar-refractivity contribution is 6.00. The van der Waals surface area contributed by atoms with Crippen LogP contribution in [0.1, 0.15) is 56.0 Å². The summed E-state index contributed by atoms with van der Waals surface area (Å²) in [6.45, 7) is 3.18. The first-order valence-electron chi connectivity index (χ1n) is 12.1. The molecule has 10 heteroatoms. The van der Waals surface area contributed by atoms with E-state index >= 15 is 0 Å². The van der Waals surface area contributed by atoms with E-state index in [2.05, 4.69) is 22.3 Å². The predicted octanol–water partition coefficient (Wildman–Crippen LogP) is 1.64. The molecule has 3 aliphatic rings. The van der Waals surface area contributed by atoms with Gasteiger partial charge in [-0.3, -0.25) is 24.0 Å². The van der Waals surface area contributed by atoms with Crippen molar-refractivity contribution in [1.82, 2.24) is 24.3 Å². The quantitative estimate of drug-likeness (QED) is 0.660. The number of hydrogen-bond acceptors (Lipinski definition) is 5. The monoisotopic (exact) mass is 469 g/mol. The van der Waals surface area contributed by atoms with Crippen LogP contribution >= 0.6 is 0 Å². The summed E-state index contributed by atoms with van der Waals surface area (Å²) in [6.07, 6.45) is 3.55. The molecule has 1 aromatic heterocycles. The maximum Gasteiger partial charge on any atom is 0.407 e. The topological polar surface area (TPSA) is 117 Å². The smallest absolute Gasteiger partial charge is 0.407 e. The summed E-state index contributed by atoms with van der Waals surface area (Å²) in [5, 5.41) is 11.5. The van der Waals surface area contributed by atoms with E-state index in [1.807, 2.05) is 6.07 Å². The van der Waals surface area contributed by atoms with E-state index < -0.39 is 18.0 Å². The van der Waals surface area contributed by atoms with Crippen LogP contribution < -0.4 is 11.0 Å². The van der Waals surface area contributed by atoms with Gasteiger partial charge in [0.1, 0.15) is 6.04 Å². The number of aromatic nitrogens is 2. The number of likely N-dealkylation sites (tertiary alicyclic amines) is 2. The van der Waals surface area contributed by atoms with Crippen molar-refractivity contribution >= 4 is 28.9 Å². The van der Waals surface area contributed by atoms with Gasteiger partial charge in [-0.2, -0.15) is 0 Å². The molecule has 3 amide bonds. The number of rotatable bonds is 3. The standard InChI is InChI=1S/C24H31N5O5/c1-26-20-14-16(2-3-18(20)29(23(26)32)19-4-5-21(30)25-22(19)31)15-6-10-27(11-7-15)17-8-12-28(13-9-17)24(33)34/h2-3,14-15,17,19H,4-13H2,1H3,(H,33,34)(H,25,30,31). The van der Waals surface area contributed by atoms with E-state index in [0.29, 0.717) is 37.0 Å². The van der Waals surface area contributed by atoms with E-state index in [1.165, 1.54) is 15.0 Å². The molecule has 3 saturated heterocycles. The van der Waals surface area contributed by atoms with E-state index in [-0.39, 0.29) is 18.0 Å². The molecule has 1 unspecified atom stereocenters. The molecule has 0 bridgehead atoms. The fourth-order valence-corrected chi connectivity index (χ4v) is 5.88. The van der Waals surface area contributed by atoms with Crippen molar-refractivity contribution in [2.75, 3.05) is 26.2 Å². The second kappa shape index (κ2) is 8.90. The Hall–Kier alpha value is -3.14. The number of imidazole rings is 1. The van der Waals surface area contributed by atoms with E-state index in [9.17, 15) is 19.2 Å². The highest BCUT2D eigenvalue weighted by Gasteiger charge is 2.32. The van der Waals surface area contributed by atoms with Crippen molar-refractivity contribution in [3.8, 4) is 0 Å². The van der Waals surface area contributed by atoms with Gasteiger partial charge in [0.2, 0.25) is 11.8 Å². The Kier molecular flexibility index (Phi) is 5.93. The number of piperidine rings is 3. The van der Waals surface area contributed by atoms with Crippen molar-refractivity contribution in [2.45, 2.75) is 56.5 Å². The molecule has 4 heterocycles. The fraction of sp³-hybridized carbons (Fsp3) is 0.583.